The minimum absolute atomic E-state index is 0.0878. The van der Waals surface area contributed by atoms with Crippen molar-refractivity contribution in [3.8, 4) is 0 Å². The Bertz CT molecular complexity index is 404. The number of carbonyl (C=O) groups is 1. The van der Waals surface area contributed by atoms with Crippen LogP contribution in [0.2, 0.25) is 0 Å². The maximum atomic E-state index is 11.8. The molecule has 0 saturated carbocycles. The molecule has 0 radical (unpaired) electrons. The van der Waals surface area contributed by atoms with E-state index in [2.05, 4.69) is 24.1 Å². The van der Waals surface area contributed by atoms with E-state index in [4.69, 9.17) is 5.73 Å². The van der Waals surface area contributed by atoms with Crippen LogP contribution in [0.15, 0.2) is 18.2 Å². The van der Waals surface area contributed by atoms with E-state index in [0.29, 0.717) is 17.3 Å². The van der Waals surface area contributed by atoms with Gasteiger partial charge < -0.3 is 16.0 Å². The number of rotatable bonds is 4. The highest BCUT2D eigenvalue weighted by molar-refractivity contribution is 6.00. The molecule has 1 aromatic rings. The van der Waals surface area contributed by atoms with E-state index in [9.17, 15) is 4.79 Å². The molecule has 1 atom stereocenters. The Hall–Kier alpha value is -1.71. The lowest BCUT2D eigenvalue weighted by molar-refractivity contribution is 0.0963. The third-order valence-corrected chi connectivity index (χ3v) is 3.13. The van der Waals surface area contributed by atoms with Crippen molar-refractivity contribution >= 4 is 17.3 Å². The summed E-state index contributed by atoms with van der Waals surface area (Å²) in [5.41, 5.74) is 7.99. The number of amides is 1. The van der Waals surface area contributed by atoms with Crippen molar-refractivity contribution in [3.63, 3.8) is 0 Å². The summed E-state index contributed by atoms with van der Waals surface area (Å²) in [6.07, 6.45) is 1.01. The van der Waals surface area contributed by atoms with E-state index in [1.165, 1.54) is 0 Å². The molecule has 17 heavy (non-hydrogen) atoms. The number of nitrogen functional groups attached to an aromatic ring is 1. The molecule has 4 heteroatoms. The Balaban J connectivity index is 3.19. The Morgan fingerprint density at radius 3 is 2.71 bits per heavy atom. The van der Waals surface area contributed by atoms with Gasteiger partial charge in [0.1, 0.15) is 0 Å². The maximum absolute atomic E-state index is 11.8. The van der Waals surface area contributed by atoms with Gasteiger partial charge in [-0.05, 0) is 31.5 Å². The van der Waals surface area contributed by atoms with Crippen LogP contribution in [0.4, 0.5) is 11.4 Å². The molecule has 4 nitrogen and oxygen atoms in total. The van der Waals surface area contributed by atoms with Crippen LogP contribution in [0.3, 0.4) is 0 Å². The molecule has 1 unspecified atom stereocenters. The molecule has 0 fully saturated rings. The molecular weight excluding hydrogens is 214 g/mol. The van der Waals surface area contributed by atoms with Gasteiger partial charge in [-0.25, -0.2) is 0 Å². The van der Waals surface area contributed by atoms with E-state index in [-0.39, 0.29) is 5.91 Å². The summed E-state index contributed by atoms with van der Waals surface area (Å²) in [6, 6.07) is 5.72. The number of benzene rings is 1. The van der Waals surface area contributed by atoms with Crippen LogP contribution in [0.5, 0.6) is 0 Å². The normalized spacial score (nSPS) is 12.0. The molecule has 0 aromatic heterocycles. The van der Waals surface area contributed by atoms with E-state index in [1.807, 2.05) is 13.1 Å². The summed E-state index contributed by atoms with van der Waals surface area (Å²) >= 11 is 0. The zero-order valence-electron chi connectivity index (χ0n) is 10.9. The zero-order chi connectivity index (χ0) is 13.0. The predicted molar refractivity (Wildman–Crippen MR) is 72.4 cm³/mol. The van der Waals surface area contributed by atoms with Gasteiger partial charge in [0.05, 0.1) is 11.3 Å². The van der Waals surface area contributed by atoms with E-state index < -0.39 is 0 Å². The minimum atomic E-state index is -0.0878. The van der Waals surface area contributed by atoms with Gasteiger partial charge in [-0.2, -0.15) is 0 Å². The van der Waals surface area contributed by atoms with Gasteiger partial charge in [0.2, 0.25) is 0 Å². The number of carbonyl (C=O) groups excluding carboxylic acids is 1. The lowest BCUT2D eigenvalue weighted by Crippen LogP contribution is -2.31. The molecule has 94 valence electrons. The summed E-state index contributed by atoms with van der Waals surface area (Å²) in [4.78, 5) is 13.9. The van der Waals surface area contributed by atoms with Gasteiger partial charge in [0.25, 0.3) is 5.91 Å². The van der Waals surface area contributed by atoms with Crippen LogP contribution in [0, 0.1) is 0 Å². The van der Waals surface area contributed by atoms with Crippen molar-refractivity contribution in [1.29, 1.82) is 0 Å². The van der Waals surface area contributed by atoms with Crippen molar-refractivity contribution in [2.75, 3.05) is 24.7 Å². The molecule has 3 N–H and O–H groups in total. The average molecular weight is 235 g/mol. The van der Waals surface area contributed by atoms with Crippen molar-refractivity contribution in [2.45, 2.75) is 26.3 Å². The number of hydrogen-bond donors (Lipinski definition) is 2. The minimum Gasteiger partial charge on any atom is -0.399 e. The van der Waals surface area contributed by atoms with Crippen molar-refractivity contribution < 1.29 is 4.79 Å². The molecule has 0 aliphatic carbocycles. The van der Waals surface area contributed by atoms with Crippen molar-refractivity contribution in [1.82, 2.24) is 5.32 Å². The smallest absolute Gasteiger partial charge is 0.253 e. The molecule has 0 spiro atoms. The summed E-state index contributed by atoms with van der Waals surface area (Å²) in [5, 5.41) is 2.65. The Morgan fingerprint density at radius 1 is 1.53 bits per heavy atom. The lowest BCUT2D eigenvalue weighted by atomic mass is 10.1. The van der Waals surface area contributed by atoms with Gasteiger partial charge in [0.15, 0.2) is 0 Å². The van der Waals surface area contributed by atoms with Crippen LogP contribution in [0.1, 0.15) is 30.6 Å². The summed E-state index contributed by atoms with van der Waals surface area (Å²) in [5.74, 6) is -0.0878. The van der Waals surface area contributed by atoms with Crippen LogP contribution in [-0.2, 0) is 0 Å². The number of anilines is 2. The highest BCUT2D eigenvalue weighted by atomic mass is 16.1. The highest BCUT2D eigenvalue weighted by Gasteiger charge is 2.16. The standard InChI is InChI=1S/C13H21N3O/c1-5-9(2)16(4)12-8-10(14)6-7-11(12)13(17)15-3/h6-9H,5,14H2,1-4H3,(H,15,17). The lowest BCUT2D eigenvalue weighted by Gasteiger charge is -2.28. The first-order valence-corrected chi connectivity index (χ1v) is 5.85. The second-order valence-electron chi connectivity index (χ2n) is 4.22. The number of nitrogens with two attached hydrogens (primary N) is 1. The Kier molecular flexibility index (Phi) is 4.37. The monoisotopic (exact) mass is 235 g/mol. The fourth-order valence-corrected chi connectivity index (χ4v) is 1.68. The first kappa shape index (κ1) is 13.4. The Morgan fingerprint density at radius 2 is 2.18 bits per heavy atom. The molecule has 0 heterocycles. The van der Waals surface area contributed by atoms with Crippen molar-refractivity contribution in [3.05, 3.63) is 23.8 Å². The third kappa shape index (κ3) is 2.90. The SMILES string of the molecule is CCC(C)N(C)c1cc(N)ccc1C(=O)NC. The molecular formula is C13H21N3O. The van der Waals surface area contributed by atoms with Gasteiger partial charge >= 0.3 is 0 Å². The van der Waals surface area contributed by atoms with E-state index >= 15 is 0 Å². The van der Waals surface area contributed by atoms with Crippen LogP contribution >= 0.6 is 0 Å². The summed E-state index contributed by atoms with van der Waals surface area (Å²) in [6.45, 7) is 4.24. The van der Waals surface area contributed by atoms with Gasteiger partial charge in [-0.3, -0.25) is 4.79 Å². The molecule has 0 aliphatic heterocycles. The molecule has 0 saturated heterocycles. The topological polar surface area (TPSA) is 58.4 Å². The van der Waals surface area contributed by atoms with Gasteiger partial charge in [0, 0.05) is 25.8 Å². The molecule has 1 aromatic carbocycles. The van der Waals surface area contributed by atoms with Crippen LogP contribution in [0.25, 0.3) is 0 Å². The molecule has 1 rings (SSSR count). The number of hydrogen-bond acceptors (Lipinski definition) is 3. The van der Waals surface area contributed by atoms with Gasteiger partial charge in [-0.1, -0.05) is 6.92 Å². The van der Waals surface area contributed by atoms with Crippen LogP contribution in [-0.4, -0.2) is 26.0 Å². The zero-order valence-corrected chi connectivity index (χ0v) is 10.9. The van der Waals surface area contributed by atoms with Crippen LogP contribution < -0.4 is 16.0 Å². The second kappa shape index (κ2) is 5.57. The highest BCUT2D eigenvalue weighted by Crippen LogP contribution is 2.25. The largest absolute Gasteiger partial charge is 0.399 e. The van der Waals surface area contributed by atoms with Crippen molar-refractivity contribution in [2.24, 2.45) is 0 Å². The fraction of sp³-hybridized carbons (Fsp3) is 0.462. The first-order chi connectivity index (χ1) is 8.01. The maximum Gasteiger partial charge on any atom is 0.253 e. The quantitative estimate of drug-likeness (QED) is 0.783. The Labute approximate surface area is 103 Å². The molecule has 0 aliphatic rings. The molecule has 0 bridgehead atoms. The first-order valence-electron chi connectivity index (χ1n) is 5.85. The molecule has 1 amide bonds. The summed E-state index contributed by atoms with van der Waals surface area (Å²) in [7, 11) is 3.61. The summed E-state index contributed by atoms with van der Waals surface area (Å²) < 4.78 is 0. The second-order valence-corrected chi connectivity index (χ2v) is 4.22. The van der Waals surface area contributed by atoms with Gasteiger partial charge in [-0.15, -0.1) is 0 Å². The van der Waals surface area contributed by atoms with E-state index in [0.717, 1.165) is 12.1 Å². The third-order valence-electron chi connectivity index (χ3n) is 3.13. The number of nitrogens with one attached hydrogen (secondary N) is 1. The fourth-order valence-electron chi connectivity index (χ4n) is 1.68. The number of nitrogens with zero attached hydrogens (tertiary/aromatic N) is 1. The van der Waals surface area contributed by atoms with E-state index in [1.54, 1.807) is 19.2 Å². The predicted octanol–water partition coefficient (Wildman–Crippen LogP) is 1.86. The average Bonchev–Trinajstić information content (AvgIpc) is 2.35.